The van der Waals surface area contributed by atoms with Gasteiger partial charge in [0.15, 0.2) is 11.5 Å². The summed E-state index contributed by atoms with van der Waals surface area (Å²) in [4.78, 5) is 14.3. The lowest BCUT2D eigenvalue weighted by Gasteiger charge is -2.33. The Morgan fingerprint density at radius 2 is 2.10 bits per heavy atom. The summed E-state index contributed by atoms with van der Waals surface area (Å²) in [6, 6.07) is 8.77. The van der Waals surface area contributed by atoms with Crippen LogP contribution in [0.5, 0.6) is 5.75 Å². The fraction of sp³-hybridized carbons (Fsp3) is 0.188. The summed E-state index contributed by atoms with van der Waals surface area (Å²) in [5, 5.41) is 0. The number of benzene rings is 1. The molecule has 0 spiro atoms. The van der Waals surface area contributed by atoms with E-state index >= 15 is 0 Å². The van der Waals surface area contributed by atoms with Crippen LogP contribution in [0.1, 0.15) is 19.6 Å². The molecule has 2 heterocycles. The van der Waals surface area contributed by atoms with Crippen molar-refractivity contribution in [1.29, 1.82) is 0 Å². The van der Waals surface area contributed by atoms with Crippen molar-refractivity contribution in [3.8, 4) is 5.75 Å². The van der Waals surface area contributed by atoms with Gasteiger partial charge in [-0.2, -0.15) is 0 Å². The fourth-order valence-electron chi connectivity index (χ4n) is 2.31. The van der Waals surface area contributed by atoms with Crippen LogP contribution < -0.4 is 15.4 Å². The van der Waals surface area contributed by atoms with E-state index < -0.39 is 0 Å². The smallest absolute Gasteiger partial charge is 0.294 e. The summed E-state index contributed by atoms with van der Waals surface area (Å²) in [5.41, 5.74) is 7.09. The first kappa shape index (κ1) is 13.3. The largest absolute Gasteiger partial charge is 0.465 e. The van der Waals surface area contributed by atoms with E-state index in [1.54, 1.807) is 47.6 Å². The molecular weight excluding hydrogens is 268 g/mol. The molecule has 0 unspecified atom stereocenters. The number of ether oxygens (including phenoxy) is 1. The summed E-state index contributed by atoms with van der Waals surface area (Å²) in [6.07, 6.45) is 3.14. The third-order valence-corrected chi connectivity index (χ3v) is 3.22. The van der Waals surface area contributed by atoms with Crippen molar-refractivity contribution in [2.24, 2.45) is 0 Å². The van der Waals surface area contributed by atoms with E-state index in [4.69, 9.17) is 14.9 Å². The van der Waals surface area contributed by atoms with Crippen LogP contribution in [-0.2, 0) is 4.79 Å². The molecule has 1 aliphatic heterocycles. The van der Waals surface area contributed by atoms with Crippen molar-refractivity contribution in [2.75, 3.05) is 10.6 Å². The Hall–Kier alpha value is -2.69. The molecule has 0 fully saturated rings. The third kappa shape index (κ3) is 2.38. The number of anilines is 2. The van der Waals surface area contributed by atoms with Gasteiger partial charge < -0.3 is 14.9 Å². The van der Waals surface area contributed by atoms with Crippen LogP contribution in [0.15, 0.2) is 46.8 Å². The van der Waals surface area contributed by atoms with Crippen LogP contribution in [0.4, 0.5) is 11.4 Å². The number of carbonyl (C=O) groups is 1. The number of hydrogen-bond donors (Lipinski definition) is 1. The molecule has 2 aromatic rings. The average Bonchev–Trinajstić information content (AvgIpc) is 2.92. The monoisotopic (exact) mass is 284 g/mol. The van der Waals surface area contributed by atoms with Gasteiger partial charge in [0.05, 0.1) is 12.0 Å². The van der Waals surface area contributed by atoms with Crippen molar-refractivity contribution >= 4 is 23.4 Å². The van der Waals surface area contributed by atoms with Gasteiger partial charge >= 0.3 is 0 Å². The van der Waals surface area contributed by atoms with Crippen molar-refractivity contribution in [1.82, 2.24) is 0 Å². The first-order valence-corrected chi connectivity index (χ1v) is 6.72. The minimum absolute atomic E-state index is 0.0121. The van der Waals surface area contributed by atoms with Gasteiger partial charge in [-0.3, -0.25) is 9.69 Å². The molecule has 2 N–H and O–H groups in total. The number of rotatable bonds is 2. The fourth-order valence-corrected chi connectivity index (χ4v) is 2.31. The van der Waals surface area contributed by atoms with Crippen molar-refractivity contribution in [2.45, 2.75) is 19.9 Å². The zero-order valence-corrected chi connectivity index (χ0v) is 11.9. The Kier molecular flexibility index (Phi) is 3.17. The maximum Gasteiger partial charge on any atom is 0.294 e. The number of nitrogens with zero attached hydrogens (tertiary/aromatic N) is 1. The topological polar surface area (TPSA) is 68.7 Å². The Balaban J connectivity index is 2.09. The first-order valence-electron chi connectivity index (χ1n) is 6.72. The number of carbonyl (C=O) groups excluding carboxylic acids is 1. The summed E-state index contributed by atoms with van der Waals surface area (Å²) in [5.74, 6) is 1.20. The molecule has 1 aromatic heterocycles. The highest BCUT2D eigenvalue weighted by atomic mass is 16.5. The van der Waals surface area contributed by atoms with Crippen molar-refractivity contribution in [3.63, 3.8) is 0 Å². The number of nitrogen functional groups attached to an aromatic ring is 1. The van der Waals surface area contributed by atoms with E-state index in [-0.39, 0.29) is 17.7 Å². The zero-order chi connectivity index (χ0) is 15.0. The summed E-state index contributed by atoms with van der Waals surface area (Å²) in [7, 11) is 0. The third-order valence-electron chi connectivity index (χ3n) is 3.22. The molecule has 0 atom stereocenters. The lowest BCUT2D eigenvalue weighted by atomic mass is 10.1. The Morgan fingerprint density at radius 1 is 1.29 bits per heavy atom. The molecule has 21 heavy (non-hydrogen) atoms. The molecule has 0 saturated carbocycles. The van der Waals surface area contributed by atoms with Crippen LogP contribution in [0.2, 0.25) is 0 Å². The maximum atomic E-state index is 12.6. The Morgan fingerprint density at radius 3 is 2.76 bits per heavy atom. The Labute approximate surface area is 122 Å². The summed E-state index contributed by atoms with van der Waals surface area (Å²) < 4.78 is 10.9. The van der Waals surface area contributed by atoms with Gasteiger partial charge in [-0.25, -0.2) is 0 Å². The van der Waals surface area contributed by atoms with Crippen LogP contribution in [0.25, 0.3) is 6.08 Å². The zero-order valence-electron chi connectivity index (χ0n) is 11.9. The lowest BCUT2D eigenvalue weighted by Crippen LogP contribution is -2.42. The summed E-state index contributed by atoms with van der Waals surface area (Å²) >= 11 is 0. The molecule has 0 bridgehead atoms. The van der Waals surface area contributed by atoms with Crippen LogP contribution in [0, 0.1) is 0 Å². The van der Waals surface area contributed by atoms with Gasteiger partial charge in [0.1, 0.15) is 5.76 Å². The quantitative estimate of drug-likeness (QED) is 0.680. The highest BCUT2D eigenvalue weighted by Crippen LogP contribution is 2.38. The van der Waals surface area contributed by atoms with E-state index in [1.165, 1.54) is 0 Å². The van der Waals surface area contributed by atoms with E-state index in [9.17, 15) is 4.79 Å². The predicted octanol–water partition coefficient (Wildman–Crippen LogP) is 3.04. The predicted molar refractivity (Wildman–Crippen MR) is 80.8 cm³/mol. The van der Waals surface area contributed by atoms with Gasteiger partial charge in [0, 0.05) is 17.8 Å². The highest BCUT2D eigenvalue weighted by Gasteiger charge is 2.32. The standard InChI is InChI=1S/C16H16N2O3/c1-10(2)18-13-8-11(17)5-6-14(13)21-15(16(18)19)9-12-4-3-7-20-12/h3-10H,17H2,1-2H3/b15-9+. The van der Waals surface area contributed by atoms with E-state index in [1.807, 2.05) is 13.8 Å². The van der Waals surface area contributed by atoms with E-state index in [0.717, 1.165) is 0 Å². The second-order valence-corrected chi connectivity index (χ2v) is 5.12. The van der Waals surface area contributed by atoms with E-state index in [2.05, 4.69) is 0 Å². The number of fused-ring (bicyclic) bond motifs is 1. The molecule has 1 aromatic carbocycles. The van der Waals surface area contributed by atoms with Crippen LogP contribution >= 0.6 is 0 Å². The number of hydrogen-bond acceptors (Lipinski definition) is 4. The molecular formula is C16H16N2O3. The first-order chi connectivity index (χ1) is 10.1. The van der Waals surface area contributed by atoms with Gasteiger partial charge in [-0.15, -0.1) is 0 Å². The number of furan rings is 1. The average molecular weight is 284 g/mol. The SMILES string of the molecule is CC(C)N1C(=O)/C(=C\c2ccco2)Oc2ccc(N)cc21. The number of amides is 1. The molecule has 5 heteroatoms. The van der Waals surface area contributed by atoms with Crippen molar-refractivity contribution < 1.29 is 13.9 Å². The normalized spacial score (nSPS) is 16.2. The molecule has 108 valence electrons. The number of nitrogens with two attached hydrogens (primary N) is 1. The van der Waals surface area contributed by atoms with Gasteiger partial charge in [0.25, 0.3) is 5.91 Å². The molecule has 1 amide bonds. The minimum atomic E-state index is -0.209. The summed E-state index contributed by atoms with van der Waals surface area (Å²) in [6.45, 7) is 3.89. The molecule has 0 aliphatic carbocycles. The van der Waals surface area contributed by atoms with Gasteiger partial charge in [0.2, 0.25) is 0 Å². The van der Waals surface area contributed by atoms with Crippen LogP contribution in [0.3, 0.4) is 0 Å². The van der Waals surface area contributed by atoms with Gasteiger partial charge in [-0.05, 0) is 44.2 Å². The lowest BCUT2D eigenvalue weighted by molar-refractivity contribution is -0.117. The van der Waals surface area contributed by atoms with Crippen LogP contribution in [-0.4, -0.2) is 11.9 Å². The minimum Gasteiger partial charge on any atom is -0.465 e. The highest BCUT2D eigenvalue weighted by molar-refractivity contribution is 6.10. The molecule has 1 aliphatic rings. The second kappa shape index (κ2) is 5.01. The second-order valence-electron chi connectivity index (χ2n) is 5.12. The molecule has 3 rings (SSSR count). The maximum absolute atomic E-state index is 12.6. The molecule has 0 saturated heterocycles. The van der Waals surface area contributed by atoms with Gasteiger partial charge in [-0.1, -0.05) is 0 Å². The molecule has 5 nitrogen and oxygen atoms in total. The van der Waals surface area contributed by atoms with E-state index in [0.29, 0.717) is 22.9 Å². The molecule has 0 radical (unpaired) electrons. The van der Waals surface area contributed by atoms with Crippen molar-refractivity contribution in [3.05, 3.63) is 48.1 Å². The Bertz CT molecular complexity index is 702.